The van der Waals surface area contributed by atoms with Gasteiger partial charge in [-0.05, 0) is 37.5 Å². The molecular formula is C20H26N4O2. The third-order valence-electron chi connectivity index (χ3n) is 4.84. The molecular weight excluding hydrogens is 328 g/mol. The van der Waals surface area contributed by atoms with Crippen molar-refractivity contribution in [3.63, 3.8) is 0 Å². The monoisotopic (exact) mass is 354 g/mol. The third kappa shape index (κ3) is 5.25. The maximum atomic E-state index is 12.2. The van der Waals surface area contributed by atoms with Gasteiger partial charge >= 0.3 is 0 Å². The fourth-order valence-corrected chi connectivity index (χ4v) is 3.40. The van der Waals surface area contributed by atoms with Crippen LogP contribution in [0.15, 0.2) is 41.5 Å². The second-order valence-corrected chi connectivity index (χ2v) is 6.88. The number of aromatic nitrogens is 3. The second-order valence-electron chi connectivity index (χ2n) is 6.88. The van der Waals surface area contributed by atoms with Crippen LogP contribution in [0.1, 0.15) is 51.4 Å². The summed E-state index contributed by atoms with van der Waals surface area (Å²) in [5.74, 6) is 0.0789. The molecule has 26 heavy (non-hydrogen) atoms. The van der Waals surface area contributed by atoms with Gasteiger partial charge in [-0.25, -0.2) is 4.68 Å². The summed E-state index contributed by atoms with van der Waals surface area (Å²) in [6, 6.07) is 7.27. The maximum Gasteiger partial charge on any atom is 0.266 e. The number of hydrogen-bond acceptors (Lipinski definition) is 4. The van der Waals surface area contributed by atoms with Crippen molar-refractivity contribution >= 4 is 5.91 Å². The summed E-state index contributed by atoms with van der Waals surface area (Å²) in [6.07, 6.45) is 11.5. The molecule has 6 heteroatoms. The van der Waals surface area contributed by atoms with Gasteiger partial charge in [0.2, 0.25) is 5.91 Å². The lowest BCUT2D eigenvalue weighted by atomic mass is 10.1. The van der Waals surface area contributed by atoms with Crippen LogP contribution in [-0.4, -0.2) is 26.7 Å². The number of rotatable bonds is 6. The lowest BCUT2D eigenvalue weighted by Gasteiger charge is -2.16. The van der Waals surface area contributed by atoms with E-state index >= 15 is 0 Å². The first-order valence-corrected chi connectivity index (χ1v) is 9.50. The predicted molar refractivity (Wildman–Crippen MR) is 101 cm³/mol. The predicted octanol–water partition coefficient (Wildman–Crippen LogP) is 2.92. The van der Waals surface area contributed by atoms with Crippen molar-refractivity contribution in [3.05, 3.63) is 47.0 Å². The Kier molecular flexibility index (Phi) is 6.52. The van der Waals surface area contributed by atoms with E-state index in [-0.39, 0.29) is 11.5 Å². The molecule has 1 aliphatic rings. The number of nitrogens with zero attached hydrogens (tertiary/aromatic N) is 3. The van der Waals surface area contributed by atoms with Gasteiger partial charge in [0.1, 0.15) is 0 Å². The van der Waals surface area contributed by atoms with E-state index in [9.17, 15) is 9.59 Å². The van der Waals surface area contributed by atoms with E-state index in [2.05, 4.69) is 15.4 Å². The van der Waals surface area contributed by atoms with Crippen LogP contribution in [0.4, 0.5) is 0 Å². The van der Waals surface area contributed by atoms with Gasteiger partial charge in [0.05, 0.1) is 5.69 Å². The zero-order valence-electron chi connectivity index (χ0n) is 15.1. The minimum absolute atomic E-state index is 0.0789. The molecule has 2 aromatic rings. The van der Waals surface area contributed by atoms with Gasteiger partial charge in [-0.15, -0.1) is 0 Å². The average Bonchev–Trinajstić information content (AvgIpc) is 2.92. The van der Waals surface area contributed by atoms with E-state index < -0.39 is 0 Å². The molecule has 0 aromatic carbocycles. The molecule has 3 rings (SSSR count). The summed E-state index contributed by atoms with van der Waals surface area (Å²) in [4.78, 5) is 28.2. The van der Waals surface area contributed by atoms with Crippen LogP contribution < -0.4 is 10.9 Å². The molecule has 6 nitrogen and oxygen atoms in total. The number of nitrogens with one attached hydrogen (secondary N) is 1. The molecule has 2 heterocycles. The Labute approximate surface area is 153 Å². The van der Waals surface area contributed by atoms with E-state index in [0.717, 1.165) is 24.1 Å². The fraction of sp³-hybridized carbons (Fsp3) is 0.500. The third-order valence-corrected chi connectivity index (χ3v) is 4.84. The number of pyridine rings is 1. The zero-order valence-corrected chi connectivity index (χ0v) is 15.1. The van der Waals surface area contributed by atoms with Gasteiger partial charge in [0, 0.05) is 43.0 Å². The molecule has 0 saturated heterocycles. The van der Waals surface area contributed by atoms with Crippen LogP contribution in [0, 0.1) is 0 Å². The van der Waals surface area contributed by atoms with Crippen molar-refractivity contribution in [2.24, 2.45) is 0 Å². The average molecular weight is 354 g/mol. The molecule has 0 aliphatic heterocycles. The Bertz CT molecular complexity index is 765. The normalized spacial score (nSPS) is 15.4. The number of carbonyl (C=O) groups excluding carboxylic acids is 1. The SMILES string of the molecule is O=C(CCCn1nc(-c2ccncc2)ccc1=O)NC1CCCCCC1. The minimum atomic E-state index is -0.146. The van der Waals surface area contributed by atoms with Crippen molar-refractivity contribution < 1.29 is 4.79 Å². The Morgan fingerprint density at radius 3 is 2.54 bits per heavy atom. The molecule has 0 bridgehead atoms. The lowest BCUT2D eigenvalue weighted by molar-refractivity contribution is -0.122. The van der Waals surface area contributed by atoms with Crippen molar-refractivity contribution in [2.45, 2.75) is 64.0 Å². The highest BCUT2D eigenvalue weighted by Gasteiger charge is 2.14. The highest BCUT2D eigenvalue weighted by atomic mass is 16.1. The molecule has 1 aliphatic carbocycles. The molecule has 0 atom stereocenters. The van der Waals surface area contributed by atoms with Crippen LogP contribution in [0.3, 0.4) is 0 Å². The summed E-state index contributed by atoms with van der Waals surface area (Å²) in [5, 5.41) is 7.56. The first kappa shape index (κ1) is 18.3. The first-order chi connectivity index (χ1) is 12.7. The molecule has 1 saturated carbocycles. The Morgan fingerprint density at radius 2 is 1.81 bits per heavy atom. The van der Waals surface area contributed by atoms with Crippen molar-refractivity contribution in [2.75, 3.05) is 0 Å². The summed E-state index contributed by atoms with van der Waals surface area (Å²) >= 11 is 0. The standard InChI is InChI=1S/C20H26N4O2/c25-19(22-17-6-3-1-2-4-7-17)8-5-15-24-20(26)10-9-18(23-24)16-11-13-21-14-12-16/h9-14,17H,1-8,15H2,(H,22,25). The number of hydrogen-bond donors (Lipinski definition) is 1. The van der Waals surface area contributed by atoms with E-state index in [1.807, 2.05) is 12.1 Å². The van der Waals surface area contributed by atoms with Crippen LogP contribution >= 0.6 is 0 Å². The van der Waals surface area contributed by atoms with Gasteiger partial charge < -0.3 is 5.32 Å². The van der Waals surface area contributed by atoms with Crippen LogP contribution in [-0.2, 0) is 11.3 Å². The Hall–Kier alpha value is -2.50. The number of carbonyl (C=O) groups is 1. The molecule has 1 fully saturated rings. The summed E-state index contributed by atoms with van der Waals surface area (Å²) < 4.78 is 1.44. The topological polar surface area (TPSA) is 76.9 Å². The Balaban J connectivity index is 1.52. The molecule has 0 spiro atoms. The first-order valence-electron chi connectivity index (χ1n) is 9.50. The molecule has 138 valence electrons. The molecule has 0 unspecified atom stereocenters. The zero-order chi connectivity index (χ0) is 18.2. The fourth-order valence-electron chi connectivity index (χ4n) is 3.40. The Morgan fingerprint density at radius 1 is 1.08 bits per heavy atom. The van der Waals surface area contributed by atoms with Crippen LogP contribution in [0.5, 0.6) is 0 Å². The number of amides is 1. The quantitative estimate of drug-likeness (QED) is 0.809. The second kappa shape index (κ2) is 9.27. The summed E-state index contributed by atoms with van der Waals surface area (Å²) in [6.45, 7) is 0.440. The van der Waals surface area contributed by atoms with E-state index in [1.54, 1.807) is 18.5 Å². The highest BCUT2D eigenvalue weighted by molar-refractivity contribution is 5.76. The lowest BCUT2D eigenvalue weighted by Crippen LogP contribution is -2.34. The van der Waals surface area contributed by atoms with Gasteiger partial charge in [-0.3, -0.25) is 14.6 Å². The van der Waals surface area contributed by atoms with E-state index in [0.29, 0.717) is 25.4 Å². The van der Waals surface area contributed by atoms with Crippen molar-refractivity contribution in [3.8, 4) is 11.3 Å². The van der Waals surface area contributed by atoms with E-state index in [1.165, 1.54) is 36.4 Å². The van der Waals surface area contributed by atoms with Gasteiger partial charge in [-0.2, -0.15) is 5.10 Å². The van der Waals surface area contributed by atoms with Gasteiger partial charge in [0.15, 0.2) is 0 Å². The molecule has 0 radical (unpaired) electrons. The summed E-state index contributed by atoms with van der Waals surface area (Å²) in [5.41, 5.74) is 1.50. The summed E-state index contributed by atoms with van der Waals surface area (Å²) in [7, 11) is 0. The van der Waals surface area contributed by atoms with Crippen LogP contribution in [0.25, 0.3) is 11.3 Å². The minimum Gasteiger partial charge on any atom is -0.353 e. The van der Waals surface area contributed by atoms with Crippen molar-refractivity contribution in [1.82, 2.24) is 20.1 Å². The molecule has 2 aromatic heterocycles. The largest absolute Gasteiger partial charge is 0.353 e. The highest BCUT2D eigenvalue weighted by Crippen LogP contribution is 2.17. The van der Waals surface area contributed by atoms with Gasteiger partial charge in [-0.1, -0.05) is 25.7 Å². The molecule has 1 N–H and O–H groups in total. The molecule has 1 amide bonds. The maximum absolute atomic E-state index is 12.2. The van der Waals surface area contributed by atoms with Crippen molar-refractivity contribution in [1.29, 1.82) is 0 Å². The number of aryl methyl sites for hydroxylation is 1. The smallest absolute Gasteiger partial charge is 0.266 e. The van der Waals surface area contributed by atoms with Crippen LogP contribution in [0.2, 0.25) is 0 Å². The van der Waals surface area contributed by atoms with Gasteiger partial charge in [0.25, 0.3) is 5.56 Å². The van der Waals surface area contributed by atoms with E-state index in [4.69, 9.17) is 0 Å².